The van der Waals surface area contributed by atoms with Crippen molar-refractivity contribution in [2.75, 3.05) is 0 Å². The minimum absolute atomic E-state index is 0.277. The first-order chi connectivity index (χ1) is 7.83. The summed E-state index contributed by atoms with van der Waals surface area (Å²) < 4.78 is 1.90. The van der Waals surface area contributed by atoms with E-state index in [1.165, 1.54) is 25.7 Å². The summed E-state index contributed by atoms with van der Waals surface area (Å²) in [7, 11) is 0. The Labute approximate surface area is 93.9 Å². The molecule has 0 atom stereocenters. The van der Waals surface area contributed by atoms with E-state index in [9.17, 15) is 5.11 Å². The van der Waals surface area contributed by atoms with Crippen molar-refractivity contribution in [2.24, 2.45) is 5.92 Å². The topological polar surface area (TPSA) is 50.9 Å². The van der Waals surface area contributed by atoms with Crippen LogP contribution in [-0.2, 0) is 6.54 Å². The van der Waals surface area contributed by atoms with Gasteiger partial charge in [-0.3, -0.25) is 0 Å². The van der Waals surface area contributed by atoms with Crippen LogP contribution in [0.1, 0.15) is 25.7 Å². The molecule has 1 aliphatic carbocycles. The Morgan fingerprint density at radius 1 is 1.38 bits per heavy atom. The van der Waals surface area contributed by atoms with Gasteiger partial charge in [-0.05, 0) is 24.5 Å². The lowest BCUT2D eigenvalue weighted by Crippen LogP contribution is -2.14. The van der Waals surface area contributed by atoms with Gasteiger partial charge in [-0.2, -0.15) is 0 Å². The Kier molecular flexibility index (Phi) is 2.27. The van der Waals surface area contributed by atoms with Crippen LogP contribution < -0.4 is 0 Å². The quantitative estimate of drug-likeness (QED) is 0.858. The van der Waals surface area contributed by atoms with Crippen molar-refractivity contribution in [3.63, 3.8) is 0 Å². The lowest BCUT2D eigenvalue weighted by Gasteiger charge is -2.24. The highest BCUT2D eigenvalue weighted by molar-refractivity contribution is 5.75. The molecule has 0 amide bonds. The normalized spacial score (nSPS) is 16.5. The average molecular weight is 217 g/mol. The maximum Gasteiger partial charge on any atom is 0.117 e. The van der Waals surface area contributed by atoms with E-state index in [1.807, 2.05) is 4.68 Å². The van der Waals surface area contributed by atoms with Gasteiger partial charge >= 0.3 is 0 Å². The first-order valence-electron chi connectivity index (χ1n) is 5.85. The molecule has 1 aliphatic rings. The molecule has 1 N–H and O–H groups in total. The number of phenolic OH excluding ortho intramolecular Hbond substituents is 1. The second kappa shape index (κ2) is 3.77. The molecule has 2 aromatic rings. The number of aryl methyl sites for hydroxylation is 1. The third-order valence-electron chi connectivity index (χ3n) is 3.47. The van der Waals surface area contributed by atoms with Crippen molar-refractivity contribution in [1.82, 2.24) is 15.0 Å². The fourth-order valence-electron chi connectivity index (χ4n) is 2.20. The van der Waals surface area contributed by atoms with Crippen LogP contribution in [0.25, 0.3) is 11.0 Å². The second-order valence-electron chi connectivity index (χ2n) is 4.57. The lowest BCUT2D eigenvalue weighted by molar-refractivity contribution is 0.278. The van der Waals surface area contributed by atoms with E-state index in [-0.39, 0.29) is 5.75 Å². The van der Waals surface area contributed by atoms with Crippen LogP contribution in [0.3, 0.4) is 0 Å². The third kappa shape index (κ3) is 1.64. The molecule has 3 rings (SSSR count). The Hall–Kier alpha value is -1.58. The summed E-state index contributed by atoms with van der Waals surface area (Å²) in [6.45, 7) is 0.907. The van der Waals surface area contributed by atoms with Crippen LogP contribution in [0.15, 0.2) is 18.2 Å². The zero-order valence-electron chi connectivity index (χ0n) is 9.13. The van der Waals surface area contributed by atoms with Gasteiger partial charge in [-0.25, -0.2) is 4.68 Å². The Morgan fingerprint density at radius 3 is 3.00 bits per heavy atom. The number of rotatable bonds is 3. The molecule has 1 aromatic carbocycles. The van der Waals surface area contributed by atoms with Crippen molar-refractivity contribution >= 4 is 11.0 Å². The minimum Gasteiger partial charge on any atom is -0.508 e. The Bertz CT molecular complexity index is 502. The first-order valence-corrected chi connectivity index (χ1v) is 5.85. The second-order valence-corrected chi connectivity index (χ2v) is 4.57. The predicted octanol–water partition coefficient (Wildman–Crippen LogP) is 2.33. The zero-order chi connectivity index (χ0) is 11.0. The van der Waals surface area contributed by atoms with E-state index >= 15 is 0 Å². The molecule has 1 heterocycles. The molecule has 0 saturated heterocycles. The summed E-state index contributed by atoms with van der Waals surface area (Å²) in [6, 6.07) is 5.18. The molecule has 0 bridgehead atoms. The molecule has 0 spiro atoms. The molecular formula is C12H15N3O. The lowest BCUT2D eigenvalue weighted by atomic mass is 9.83. The standard InChI is InChI=1S/C12H15N3O/c16-10-4-5-11-12(8-10)15(14-13-11)7-6-9-2-1-3-9/h4-5,8-9,16H,1-3,6-7H2. The van der Waals surface area contributed by atoms with Crippen molar-refractivity contribution in [3.05, 3.63) is 18.2 Å². The van der Waals surface area contributed by atoms with E-state index < -0.39 is 0 Å². The number of aromatic nitrogens is 3. The largest absolute Gasteiger partial charge is 0.508 e. The van der Waals surface area contributed by atoms with Gasteiger partial charge in [0.05, 0.1) is 5.52 Å². The number of hydrogen-bond donors (Lipinski definition) is 1. The molecule has 4 heteroatoms. The summed E-state index contributed by atoms with van der Waals surface area (Å²) in [4.78, 5) is 0. The van der Waals surface area contributed by atoms with Gasteiger partial charge in [0.2, 0.25) is 0 Å². The van der Waals surface area contributed by atoms with Gasteiger partial charge in [-0.1, -0.05) is 24.5 Å². The summed E-state index contributed by atoms with van der Waals surface area (Å²) in [6.07, 6.45) is 5.27. The summed E-state index contributed by atoms with van der Waals surface area (Å²) in [5.41, 5.74) is 1.78. The Balaban J connectivity index is 1.82. The monoisotopic (exact) mass is 217 g/mol. The third-order valence-corrected chi connectivity index (χ3v) is 3.47. The van der Waals surface area contributed by atoms with Gasteiger partial charge in [-0.15, -0.1) is 5.10 Å². The molecule has 1 saturated carbocycles. The van der Waals surface area contributed by atoms with Crippen molar-refractivity contribution in [3.8, 4) is 5.75 Å². The van der Waals surface area contributed by atoms with E-state index in [0.29, 0.717) is 0 Å². The first kappa shape index (κ1) is 9.63. The highest BCUT2D eigenvalue weighted by atomic mass is 16.3. The molecule has 0 radical (unpaired) electrons. The van der Waals surface area contributed by atoms with E-state index in [4.69, 9.17) is 0 Å². The number of hydrogen-bond acceptors (Lipinski definition) is 3. The van der Waals surface area contributed by atoms with Crippen LogP contribution >= 0.6 is 0 Å². The zero-order valence-corrected chi connectivity index (χ0v) is 9.13. The molecule has 1 fully saturated rings. The number of benzene rings is 1. The van der Waals surface area contributed by atoms with Crippen molar-refractivity contribution in [2.45, 2.75) is 32.2 Å². The summed E-state index contributed by atoms with van der Waals surface area (Å²) in [5.74, 6) is 1.15. The fraction of sp³-hybridized carbons (Fsp3) is 0.500. The SMILES string of the molecule is Oc1ccc2nnn(CCC3CCC3)c2c1. The molecule has 4 nitrogen and oxygen atoms in total. The number of fused-ring (bicyclic) bond motifs is 1. The van der Waals surface area contributed by atoms with Gasteiger partial charge in [0, 0.05) is 12.6 Å². The minimum atomic E-state index is 0.277. The van der Waals surface area contributed by atoms with E-state index in [2.05, 4.69) is 10.3 Å². The van der Waals surface area contributed by atoms with Crippen molar-refractivity contribution < 1.29 is 5.11 Å². The van der Waals surface area contributed by atoms with Crippen LogP contribution in [0.4, 0.5) is 0 Å². The van der Waals surface area contributed by atoms with Crippen LogP contribution in [0, 0.1) is 5.92 Å². The smallest absolute Gasteiger partial charge is 0.117 e. The van der Waals surface area contributed by atoms with Crippen LogP contribution in [0.5, 0.6) is 5.75 Å². The highest BCUT2D eigenvalue weighted by Crippen LogP contribution is 2.30. The molecule has 1 aromatic heterocycles. The van der Waals surface area contributed by atoms with Gasteiger partial charge in [0.1, 0.15) is 11.3 Å². The fourth-order valence-corrected chi connectivity index (χ4v) is 2.20. The highest BCUT2D eigenvalue weighted by Gasteiger charge is 2.17. The van der Waals surface area contributed by atoms with Crippen LogP contribution in [-0.4, -0.2) is 20.1 Å². The van der Waals surface area contributed by atoms with Crippen LogP contribution in [0.2, 0.25) is 0 Å². The van der Waals surface area contributed by atoms with Gasteiger partial charge in [0.25, 0.3) is 0 Å². The van der Waals surface area contributed by atoms with Gasteiger partial charge < -0.3 is 5.11 Å². The molecular weight excluding hydrogens is 202 g/mol. The Morgan fingerprint density at radius 2 is 2.25 bits per heavy atom. The molecule has 0 unspecified atom stereocenters. The summed E-state index contributed by atoms with van der Waals surface area (Å²) in [5, 5.41) is 17.6. The molecule has 84 valence electrons. The number of phenols is 1. The maximum absolute atomic E-state index is 9.44. The average Bonchev–Trinajstić information content (AvgIpc) is 2.59. The number of nitrogens with zero attached hydrogens (tertiary/aromatic N) is 3. The van der Waals surface area contributed by atoms with E-state index in [0.717, 1.165) is 23.5 Å². The number of aromatic hydroxyl groups is 1. The molecule has 16 heavy (non-hydrogen) atoms. The van der Waals surface area contributed by atoms with E-state index in [1.54, 1.807) is 18.2 Å². The maximum atomic E-state index is 9.44. The summed E-state index contributed by atoms with van der Waals surface area (Å²) >= 11 is 0. The van der Waals surface area contributed by atoms with Crippen molar-refractivity contribution in [1.29, 1.82) is 0 Å². The predicted molar refractivity (Wildman–Crippen MR) is 61.2 cm³/mol. The van der Waals surface area contributed by atoms with Gasteiger partial charge in [0.15, 0.2) is 0 Å². The molecule has 0 aliphatic heterocycles.